The van der Waals surface area contributed by atoms with Gasteiger partial charge in [-0.15, -0.1) is 0 Å². The molecule has 0 fully saturated rings. The molecule has 0 aliphatic carbocycles. The number of nitrogens with one attached hydrogen (secondary N) is 1. The van der Waals surface area contributed by atoms with E-state index in [1.165, 1.54) is 0 Å². The van der Waals surface area contributed by atoms with Crippen LogP contribution in [-0.2, 0) is 6.54 Å². The summed E-state index contributed by atoms with van der Waals surface area (Å²) in [6.07, 6.45) is 3.45. The fourth-order valence-corrected chi connectivity index (χ4v) is 2.91. The Balaban J connectivity index is 1.38. The Morgan fingerprint density at radius 1 is 1.07 bits per heavy atom. The Hall–Kier alpha value is -3.67. The Kier molecular flexibility index (Phi) is 5.24. The molecule has 29 heavy (non-hydrogen) atoms. The van der Waals surface area contributed by atoms with E-state index in [9.17, 15) is 4.79 Å². The molecule has 1 N–H and O–H groups in total. The number of ether oxygens (including phenoxy) is 1. The molecule has 4 rings (SSSR count). The lowest BCUT2D eigenvalue weighted by Crippen LogP contribution is -2.22. The van der Waals surface area contributed by atoms with E-state index < -0.39 is 0 Å². The number of nitrogens with zero attached hydrogens (tertiary/aromatic N) is 2. The molecule has 6 nitrogen and oxygen atoms in total. The van der Waals surface area contributed by atoms with Gasteiger partial charge in [0, 0.05) is 29.9 Å². The smallest absolute Gasteiger partial charge is 0.251 e. The maximum absolute atomic E-state index is 12.4. The number of amides is 1. The number of fused-ring (bicyclic) bond motifs is 1. The first-order chi connectivity index (χ1) is 14.1. The molecule has 4 aromatic rings. The van der Waals surface area contributed by atoms with E-state index in [-0.39, 0.29) is 12.0 Å². The fraction of sp³-hybridized carbons (Fsp3) is 0.174. The second-order valence-corrected chi connectivity index (χ2v) is 6.93. The van der Waals surface area contributed by atoms with E-state index in [0.717, 1.165) is 22.4 Å². The lowest BCUT2D eigenvalue weighted by Gasteiger charge is -2.10. The molecule has 0 aliphatic heterocycles. The van der Waals surface area contributed by atoms with Crippen LogP contribution in [-0.4, -0.2) is 22.0 Å². The summed E-state index contributed by atoms with van der Waals surface area (Å²) in [4.78, 5) is 20.8. The molecule has 0 aliphatic rings. The maximum atomic E-state index is 12.4. The Morgan fingerprint density at radius 2 is 1.83 bits per heavy atom. The summed E-state index contributed by atoms with van der Waals surface area (Å²) in [5.41, 5.74) is 3.88. The molecular weight excluding hydrogens is 366 g/mol. The normalized spacial score (nSPS) is 11.0. The van der Waals surface area contributed by atoms with Crippen molar-refractivity contribution < 1.29 is 13.9 Å². The van der Waals surface area contributed by atoms with Crippen LogP contribution in [0.2, 0.25) is 0 Å². The van der Waals surface area contributed by atoms with Gasteiger partial charge in [-0.05, 0) is 55.8 Å². The maximum Gasteiger partial charge on any atom is 0.251 e. The van der Waals surface area contributed by atoms with Crippen molar-refractivity contribution in [2.45, 2.75) is 26.5 Å². The highest BCUT2D eigenvalue weighted by atomic mass is 16.5. The van der Waals surface area contributed by atoms with Crippen molar-refractivity contribution in [2.75, 3.05) is 0 Å². The summed E-state index contributed by atoms with van der Waals surface area (Å²) in [5, 5.41) is 2.93. The molecule has 0 spiro atoms. The van der Waals surface area contributed by atoms with Crippen LogP contribution in [0.4, 0.5) is 0 Å². The predicted molar refractivity (Wildman–Crippen MR) is 111 cm³/mol. The zero-order chi connectivity index (χ0) is 20.2. The highest BCUT2D eigenvalue weighted by Crippen LogP contribution is 2.23. The molecular formula is C23H21N3O3. The first-order valence-electron chi connectivity index (χ1n) is 9.43. The minimum Gasteiger partial charge on any atom is -0.491 e. The minimum absolute atomic E-state index is 0.101. The summed E-state index contributed by atoms with van der Waals surface area (Å²) in [5.74, 6) is 1.17. The second kappa shape index (κ2) is 8.14. The molecule has 0 saturated carbocycles. The van der Waals surface area contributed by atoms with Gasteiger partial charge in [0.15, 0.2) is 5.58 Å². The third kappa shape index (κ3) is 4.43. The number of aromatic nitrogens is 2. The van der Waals surface area contributed by atoms with Crippen LogP contribution >= 0.6 is 0 Å². The summed E-state index contributed by atoms with van der Waals surface area (Å²) in [6, 6.07) is 16.7. The molecule has 0 atom stereocenters. The van der Waals surface area contributed by atoms with Gasteiger partial charge in [-0.3, -0.25) is 9.78 Å². The number of rotatable bonds is 6. The molecule has 2 aromatic heterocycles. The average Bonchev–Trinajstić information content (AvgIpc) is 3.17. The lowest BCUT2D eigenvalue weighted by atomic mass is 10.1. The summed E-state index contributed by atoms with van der Waals surface area (Å²) < 4.78 is 11.3. The first kappa shape index (κ1) is 18.7. The Bertz CT molecular complexity index is 1080. The van der Waals surface area contributed by atoms with Crippen LogP contribution in [0.25, 0.3) is 22.6 Å². The second-order valence-electron chi connectivity index (χ2n) is 6.93. The SMILES string of the molecule is CC(C)Oc1ccc(C(=O)NCc2ccc(-c3nc4cnccc4o3)cc2)cc1. The van der Waals surface area contributed by atoms with Gasteiger partial charge in [0.05, 0.1) is 12.3 Å². The molecule has 1 amide bonds. The van der Waals surface area contributed by atoms with Crippen LogP contribution in [0, 0.1) is 0 Å². The topological polar surface area (TPSA) is 77.2 Å². The summed E-state index contributed by atoms with van der Waals surface area (Å²) in [6.45, 7) is 4.36. The van der Waals surface area contributed by atoms with Crippen molar-refractivity contribution in [2.24, 2.45) is 0 Å². The van der Waals surface area contributed by atoms with Crippen molar-refractivity contribution >= 4 is 17.0 Å². The van der Waals surface area contributed by atoms with Gasteiger partial charge in [-0.25, -0.2) is 4.98 Å². The highest BCUT2D eigenvalue weighted by Gasteiger charge is 2.09. The van der Waals surface area contributed by atoms with Crippen LogP contribution in [0.5, 0.6) is 5.75 Å². The van der Waals surface area contributed by atoms with Gasteiger partial charge in [-0.2, -0.15) is 0 Å². The zero-order valence-electron chi connectivity index (χ0n) is 16.3. The molecule has 6 heteroatoms. The molecule has 0 bridgehead atoms. The summed E-state index contributed by atoms with van der Waals surface area (Å²) >= 11 is 0. The lowest BCUT2D eigenvalue weighted by molar-refractivity contribution is 0.0951. The van der Waals surface area contributed by atoms with Crippen LogP contribution < -0.4 is 10.1 Å². The van der Waals surface area contributed by atoms with E-state index in [2.05, 4.69) is 15.3 Å². The minimum atomic E-state index is -0.128. The third-order valence-corrected chi connectivity index (χ3v) is 4.33. The third-order valence-electron chi connectivity index (χ3n) is 4.33. The first-order valence-corrected chi connectivity index (χ1v) is 9.43. The molecule has 146 valence electrons. The van der Waals surface area contributed by atoms with Crippen LogP contribution in [0.15, 0.2) is 71.4 Å². The van der Waals surface area contributed by atoms with Gasteiger partial charge in [-0.1, -0.05) is 12.1 Å². The summed E-state index contributed by atoms with van der Waals surface area (Å²) in [7, 11) is 0. The zero-order valence-corrected chi connectivity index (χ0v) is 16.3. The molecule has 2 heterocycles. The average molecular weight is 387 g/mol. The van der Waals surface area contributed by atoms with E-state index in [1.54, 1.807) is 42.7 Å². The number of carbonyl (C=O) groups excluding carboxylic acids is 1. The van der Waals surface area contributed by atoms with E-state index in [0.29, 0.717) is 23.6 Å². The molecule has 0 unspecified atom stereocenters. The molecule has 0 saturated heterocycles. The molecule has 2 aromatic carbocycles. The van der Waals surface area contributed by atoms with Crippen molar-refractivity contribution in [3.63, 3.8) is 0 Å². The van der Waals surface area contributed by atoms with Crippen LogP contribution in [0.1, 0.15) is 29.8 Å². The number of hydrogen-bond acceptors (Lipinski definition) is 5. The highest BCUT2D eigenvalue weighted by molar-refractivity contribution is 5.94. The van der Waals surface area contributed by atoms with E-state index >= 15 is 0 Å². The predicted octanol–water partition coefficient (Wildman–Crippen LogP) is 4.61. The standard InChI is InChI=1S/C23H21N3O3/c1-15(2)28-19-9-7-17(8-10-19)22(27)25-13-16-3-5-18(6-4-16)23-26-20-14-24-12-11-21(20)29-23/h3-12,14-15H,13H2,1-2H3,(H,25,27). The van der Waals surface area contributed by atoms with Crippen molar-refractivity contribution in [3.8, 4) is 17.2 Å². The van der Waals surface area contributed by atoms with E-state index in [1.807, 2.05) is 38.1 Å². The number of oxazole rings is 1. The van der Waals surface area contributed by atoms with E-state index in [4.69, 9.17) is 9.15 Å². The Morgan fingerprint density at radius 3 is 2.52 bits per heavy atom. The van der Waals surface area contributed by atoms with Gasteiger partial charge in [0.2, 0.25) is 5.89 Å². The van der Waals surface area contributed by atoms with Crippen molar-refractivity contribution in [3.05, 3.63) is 78.1 Å². The van der Waals surface area contributed by atoms with Crippen molar-refractivity contribution in [1.82, 2.24) is 15.3 Å². The number of pyridine rings is 1. The van der Waals surface area contributed by atoms with Crippen LogP contribution in [0.3, 0.4) is 0 Å². The largest absolute Gasteiger partial charge is 0.491 e. The van der Waals surface area contributed by atoms with Gasteiger partial charge in [0.1, 0.15) is 11.3 Å². The molecule has 0 radical (unpaired) electrons. The van der Waals surface area contributed by atoms with Crippen molar-refractivity contribution in [1.29, 1.82) is 0 Å². The Labute approximate surface area is 168 Å². The quantitative estimate of drug-likeness (QED) is 0.523. The van der Waals surface area contributed by atoms with Gasteiger partial charge >= 0.3 is 0 Å². The number of carbonyl (C=O) groups is 1. The number of benzene rings is 2. The fourth-order valence-electron chi connectivity index (χ4n) is 2.91. The van der Waals surface area contributed by atoms with Gasteiger partial charge < -0.3 is 14.5 Å². The monoisotopic (exact) mass is 387 g/mol. The number of hydrogen-bond donors (Lipinski definition) is 1. The van der Waals surface area contributed by atoms with Gasteiger partial charge in [0.25, 0.3) is 5.91 Å².